The summed E-state index contributed by atoms with van der Waals surface area (Å²) in [5.74, 6) is 2.15. The van der Waals surface area contributed by atoms with Gasteiger partial charge in [-0.25, -0.2) is 14.6 Å². The summed E-state index contributed by atoms with van der Waals surface area (Å²) in [6.45, 7) is 0. The molecule has 0 aliphatic rings. The SMILES string of the molecule is COc1c(F)cc(CC(=O)NN)cc1F. The lowest BCUT2D eigenvalue weighted by molar-refractivity contribution is -0.120. The molecule has 0 radical (unpaired) electrons. The van der Waals surface area contributed by atoms with Gasteiger partial charge in [-0.1, -0.05) is 0 Å². The zero-order valence-electron chi connectivity index (χ0n) is 8.01. The van der Waals surface area contributed by atoms with Crippen molar-refractivity contribution in [2.24, 2.45) is 5.84 Å². The van der Waals surface area contributed by atoms with Gasteiger partial charge in [-0.05, 0) is 17.7 Å². The fourth-order valence-electron chi connectivity index (χ4n) is 1.15. The summed E-state index contributed by atoms with van der Waals surface area (Å²) in [6, 6.07) is 2.05. The van der Waals surface area contributed by atoms with Crippen molar-refractivity contribution >= 4 is 5.91 Å². The van der Waals surface area contributed by atoms with E-state index in [9.17, 15) is 13.6 Å². The van der Waals surface area contributed by atoms with Gasteiger partial charge in [0.1, 0.15) is 0 Å². The smallest absolute Gasteiger partial charge is 0.238 e. The molecular formula is C9H10F2N2O2. The number of hydrazine groups is 1. The van der Waals surface area contributed by atoms with E-state index in [-0.39, 0.29) is 12.0 Å². The highest BCUT2D eigenvalue weighted by Crippen LogP contribution is 2.22. The summed E-state index contributed by atoms with van der Waals surface area (Å²) < 4.78 is 30.8. The third-order valence-electron chi connectivity index (χ3n) is 1.79. The first-order valence-corrected chi connectivity index (χ1v) is 4.09. The van der Waals surface area contributed by atoms with Crippen molar-refractivity contribution in [3.8, 4) is 5.75 Å². The summed E-state index contributed by atoms with van der Waals surface area (Å²) in [5, 5.41) is 0. The molecule has 3 N–H and O–H groups in total. The Labute approximate surface area is 85.0 Å². The molecule has 0 heterocycles. The first-order chi connectivity index (χ1) is 7.08. The average molecular weight is 216 g/mol. The molecule has 4 nitrogen and oxygen atoms in total. The Balaban J connectivity index is 2.98. The van der Waals surface area contributed by atoms with Crippen LogP contribution in [-0.2, 0) is 11.2 Å². The Hall–Kier alpha value is -1.69. The predicted octanol–water partition coefficient (Wildman–Crippen LogP) is 0.506. The molecule has 0 saturated carbocycles. The molecule has 0 fully saturated rings. The Morgan fingerprint density at radius 3 is 2.40 bits per heavy atom. The minimum atomic E-state index is -0.850. The lowest BCUT2D eigenvalue weighted by atomic mass is 10.1. The molecule has 82 valence electrons. The van der Waals surface area contributed by atoms with E-state index in [0.29, 0.717) is 0 Å². The quantitative estimate of drug-likeness (QED) is 0.439. The van der Waals surface area contributed by atoms with Crippen LogP contribution in [0.5, 0.6) is 5.75 Å². The van der Waals surface area contributed by atoms with Crippen LogP contribution in [0.15, 0.2) is 12.1 Å². The van der Waals surface area contributed by atoms with Crippen LogP contribution in [0.3, 0.4) is 0 Å². The van der Waals surface area contributed by atoms with Gasteiger partial charge in [-0.3, -0.25) is 10.2 Å². The minimum absolute atomic E-state index is 0.186. The van der Waals surface area contributed by atoms with Crippen LogP contribution in [0.25, 0.3) is 0 Å². The number of rotatable bonds is 3. The topological polar surface area (TPSA) is 64.3 Å². The monoisotopic (exact) mass is 216 g/mol. The van der Waals surface area contributed by atoms with E-state index < -0.39 is 23.3 Å². The van der Waals surface area contributed by atoms with E-state index in [2.05, 4.69) is 4.74 Å². The van der Waals surface area contributed by atoms with Gasteiger partial charge in [0.2, 0.25) is 5.91 Å². The number of carbonyl (C=O) groups is 1. The summed E-state index contributed by atoms with van der Waals surface area (Å²) in [5.41, 5.74) is 2.05. The Morgan fingerprint density at radius 2 is 2.00 bits per heavy atom. The maximum absolute atomic E-state index is 13.1. The molecule has 0 aliphatic heterocycles. The van der Waals surface area contributed by atoms with Crippen molar-refractivity contribution in [3.05, 3.63) is 29.3 Å². The van der Waals surface area contributed by atoms with Crippen LogP contribution in [0, 0.1) is 11.6 Å². The number of nitrogens with two attached hydrogens (primary N) is 1. The summed E-state index contributed by atoms with van der Waals surface area (Å²) >= 11 is 0. The van der Waals surface area contributed by atoms with Crippen LogP contribution >= 0.6 is 0 Å². The van der Waals surface area contributed by atoms with E-state index in [1.54, 1.807) is 0 Å². The highest BCUT2D eigenvalue weighted by Gasteiger charge is 2.12. The highest BCUT2D eigenvalue weighted by molar-refractivity contribution is 5.77. The van der Waals surface area contributed by atoms with Crippen LogP contribution in [0.1, 0.15) is 5.56 Å². The van der Waals surface area contributed by atoms with Gasteiger partial charge in [-0.15, -0.1) is 0 Å². The molecule has 1 rings (SSSR count). The standard InChI is InChI=1S/C9H10F2N2O2/c1-15-9-6(10)2-5(3-7(9)11)4-8(14)13-12/h2-3H,4,12H2,1H3,(H,13,14). The normalized spacial score (nSPS) is 9.87. The first kappa shape index (κ1) is 11.4. The fraction of sp³-hybridized carbons (Fsp3) is 0.222. The van der Waals surface area contributed by atoms with Gasteiger partial charge in [-0.2, -0.15) is 0 Å². The second kappa shape index (κ2) is 4.70. The van der Waals surface area contributed by atoms with Gasteiger partial charge < -0.3 is 4.74 Å². The molecule has 0 saturated heterocycles. The first-order valence-electron chi connectivity index (χ1n) is 4.09. The molecular weight excluding hydrogens is 206 g/mol. The van der Waals surface area contributed by atoms with Gasteiger partial charge in [0.05, 0.1) is 13.5 Å². The van der Waals surface area contributed by atoms with E-state index in [1.165, 1.54) is 0 Å². The van der Waals surface area contributed by atoms with Crippen LogP contribution in [-0.4, -0.2) is 13.0 Å². The number of benzene rings is 1. The third-order valence-corrected chi connectivity index (χ3v) is 1.79. The maximum Gasteiger partial charge on any atom is 0.238 e. The van der Waals surface area contributed by atoms with E-state index >= 15 is 0 Å². The zero-order chi connectivity index (χ0) is 11.4. The summed E-state index contributed by atoms with van der Waals surface area (Å²) in [7, 11) is 1.16. The van der Waals surface area contributed by atoms with Crippen molar-refractivity contribution < 1.29 is 18.3 Å². The second-order valence-electron chi connectivity index (χ2n) is 2.84. The third kappa shape index (κ3) is 2.63. The second-order valence-corrected chi connectivity index (χ2v) is 2.84. The Bertz CT molecular complexity index is 359. The fourth-order valence-corrected chi connectivity index (χ4v) is 1.15. The number of hydrogen-bond donors (Lipinski definition) is 2. The van der Waals surface area contributed by atoms with Gasteiger partial charge in [0.15, 0.2) is 17.4 Å². The maximum atomic E-state index is 13.1. The van der Waals surface area contributed by atoms with Gasteiger partial charge in [0.25, 0.3) is 0 Å². The number of amides is 1. The number of nitrogens with one attached hydrogen (secondary N) is 1. The van der Waals surface area contributed by atoms with E-state index in [0.717, 1.165) is 19.2 Å². The summed E-state index contributed by atoms with van der Waals surface area (Å²) in [6.07, 6.45) is -0.186. The zero-order valence-corrected chi connectivity index (χ0v) is 8.01. The number of carbonyl (C=O) groups excluding carboxylic acids is 1. The van der Waals surface area contributed by atoms with E-state index in [4.69, 9.17) is 5.84 Å². The molecule has 0 spiro atoms. The molecule has 1 aromatic carbocycles. The van der Waals surface area contributed by atoms with Gasteiger partial charge in [0, 0.05) is 0 Å². The lowest BCUT2D eigenvalue weighted by Crippen LogP contribution is -2.31. The number of ether oxygens (including phenoxy) is 1. The number of halogens is 2. The van der Waals surface area contributed by atoms with Crippen molar-refractivity contribution in [3.63, 3.8) is 0 Å². The Kier molecular flexibility index (Phi) is 3.56. The number of hydrogen-bond acceptors (Lipinski definition) is 3. The van der Waals surface area contributed by atoms with Crippen LogP contribution < -0.4 is 16.0 Å². The summed E-state index contributed by atoms with van der Waals surface area (Å²) in [4.78, 5) is 10.8. The molecule has 0 unspecified atom stereocenters. The molecule has 1 amide bonds. The van der Waals surface area contributed by atoms with Crippen LogP contribution in [0.4, 0.5) is 8.78 Å². The minimum Gasteiger partial charge on any atom is -0.491 e. The highest BCUT2D eigenvalue weighted by atomic mass is 19.1. The average Bonchev–Trinajstić information content (AvgIpc) is 2.17. The number of methoxy groups -OCH3 is 1. The molecule has 1 aromatic rings. The van der Waals surface area contributed by atoms with Crippen molar-refractivity contribution in [1.29, 1.82) is 0 Å². The lowest BCUT2D eigenvalue weighted by Gasteiger charge is -2.06. The van der Waals surface area contributed by atoms with Crippen molar-refractivity contribution in [1.82, 2.24) is 5.43 Å². The molecule has 0 atom stereocenters. The van der Waals surface area contributed by atoms with E-state index in [1.807, 2.05) is 5.43 Å². The van der Waals surface area contributed by atoms with Crippen molar-refractivity contribution in [2.75, 3.05) is 7.11 Å². The van der Waals surface area contributed by atoms with Gasteiger partial charge >= 0.3 is 0 Å². The molecule has 6 heteroatoms. The largest absolute Gasteiger partial charge is 0.491 e. The Morgan fingerprint density at radius 1 is 1.47 bits per heavy atom. The predicted molar refractivity (Wildman–Crippen MR) is 48.9 cm³/mol. The van der Waals surface area contributed by atoms with Crippen molar-refractivity contribution in [2.45, 2.75) is 6.42 Å². The molecule has 15 heavy (non-hydrogen) atoms. The molecule has 0 aromatic heterocycles. The molecule has 0 aliphatic carbocycles. The molecule has 0 bridgehead atoms. The van der Waals surface area contributed by atoms with Crippen LogP contribution in [0.2, 0.25) is 0 Å².